The van der Waals surface area contributed by atoms with Crippen LogP contribution in [0.25, 0.3) is 0 Å². The average molecular weight is 307 g/mol. The number of aliphatic hydroxyl groups excluding tert-OH is 1. The van der Waals surface area contributed by atoms with Crippen LogP contribution in [0.4, 0.5) is 0 Å². The summed E-state index contributed by atoms with van der Waals surface area (Å²) < 4.78 is 5.64. The molecule has 1 N–H and O–H groups in total. The van der Waals surface area contributed by atoms with Crippen molar-refractivity contribution in [1.29, 1.82) is 0 Å². The van der Waals surface area contributed by atoms with Crippen molar-refractivity contribution in [3.8, 4) is 5.75 Å². The van der Waals surface area contributed by atoms with Crippen LogP contribution in [0.2, 0.25) is 0 Å². The zero-order chi connectivity index (χ0) is 16.7. The molecule has 0 saturated carbocycles. The quantitative estimate of drug-likeness (QED) is 0.745. The van der Waals surface area contributed by atoms with E-state index in [0.717, 1.165) is 24.4 Å². The largest absolute Gasteiger partial charge is 0.491 e. The molecule has 1 aromatic carbocycles. The molecule has 126 valence electrons. The van der Waals surface area contributed by atoms with Crippen LogP contribution in [0.1, 0.15) is 53.2 Å². The summed E-state index contributed by atoms with van der Waals surface area (Å²) >= 11 is 0. The van der Waals surface area contributed by atoms with Crippen LogP contribution in [0.5, 0.6) is 5.75 Å². The zero-order valence-electron chi connectivity index (χ0n) is 15.0. The first-order valence-corrected chi connectivity index (χ1v) is 8.45. The van der Waals surface area contributed by atoms with Crippen molar-refractivity contribution in [3.05, 3.63) is 29.8 Å². The number of benzene rings is 1. The highest BCUT2D eigenvalue weighted by Crippen LogP contribution is 2.20. The minimum Gasteiger partial charge on any atom is -0.491 e. The van der Waals surface area contributed by atoms with Gasteiger partial charge in [-0.1, -0.05) is 39.8 Å². The molecule has 1 unspecified atom stereocenters. The summed E-state index contributed by atoms with van der Waals surface area (Å²) in [5.41, 5.74) is 0.952. The fourth-order valence-corrected chi connectivity index (χ4v) is 2.65. The van der Waals surface area contributed by atoms with Gasteiger partial charge in [0, 0.05) is 19.6 Å². The second kappa shape index (κ2) is 9.16. The van der Waals surface area contributed by atoms with Crippen molar-refractivity contribution < 1.29 is 9.84 Å². The van der Waals surface area contributed by atoms with Gasteiger partial charge in [0.1, 0.15) is 5.75 Å². The summed E-state index contributed by atoms with van der Waals surface area (Å²) in [6.45, 7) is 15.6. The van der Waals surface area contributed by atoms with Crippen molar-refractivity contribution in [2.24, 2.45) is 11.8 Å². The van der Waals surface area contributed by atoms with Gasteiger partial charge in [-0.15, -0.1) is 0 Å². The number of ether oxygens (including phenoxy) is 1. The lowest BCUT2D eigenvalue weighted by Gasteiger charge is -2.28. The second-order valence-corrected chi connectivity index (χ2v) is 7.26. The minimum absolute atomic E-state index is 0.170. The van der Waals surface area contributed by atoms with Crippen molar-refractivity contribution in [1.82, 2.24) is 4.90 Å². The van der Waals surface area contributed by atoms with E-state index in [9.17, 15) is 5.11 Å². The predicted octanol–water partition coefficient (Wildman–Crippen LogP) is 4.12. The van der Waals surface area contributed by atoms with Crippen LogP contribution >= 0.6 is 0 Å². The molecule has 3 nitrogen and oxygen atoms in total. The summed E-state index contributed by atoms with van der Waals surface area (Å²) in [5.74, 6) is 2.06. The van der Waals surface area contributed by atoms with E-state index >= 15 is 0 Å². The van der Waals surface area contributed by atoms with Crippen molar-refractivity contribution in [2.75, 3.05) is 19.6 Å². The average Bonchev–Trinajstić information content (AvgIpc) is 2.36. The molecular formula is C19H33NO2. The lowest BCUT2D eigenvalue weighted by molar-refractivity contribution is 0.0986. The maximum absolute atomic E-state index is 10.5. The molecule has 3 heteroatoms. The number of hydrogen-bond donors (Lipinski definition) is 1. The Morgan fingerprint density at radius 3 is 1.77 bits per heavy atom. The molecule has 0 amide bonds. The van der Waals surface area contributed by atoms with Crippen LogP contribution in [-0.2, 0) is 0 Å². The highest BCUT2D eigenvalue weighted by atomic mass is 16.5. The molecule has 0 aliphatic heterocycles. The second-order valence-electron chi connectivity index (χ2n) is 7.26. The van der Waals surface area contributed by atoms with Gasteiger partial charge in [0.25, 0.3) is 0 Å². The molecule has 0 aliphatic carbocycles. The van der Waals surface area contributed by atoms with E-state index in [-0.39, 0.29) is 6.10 Å². The number of nitrogens with zero attached hydrogens (tertiary/aromatic N) is 1. The third-order valence-corrected chi connectivity index (χ3v) is 3.31. The molecule has 22 heavy (non-hydrogen) atoms. The SMILES string of the molecule is CC(C)CN(CC(C)C)CC(O)c1ccc(OC(C)C)cc1. The molecule has 0 fully saturated rings. The highest BCUT2D eigenvalue weighted by molar-refractivity contribution is 5.28. The molecule has 0 aromatic heterocycles. The van der Waals surface area contributed by atoms with Gasteiger partial charge in [-0.3, -0.25) is 4.90 Å². The lowest BCUT2D eigenvalue weighted by Crippen LogP contribution is -2.35. The first kappa shape index (κ1) is 19.0. The van der Waals surface area contributed by atoms with Crippen LogP contribution in [0, 0.1) is 11.8 Å². The van der Waals surface area contributed by atoms with Gasteiger partial charge < -0.3 is 9.84 Å². The molecule has 0 bridgehead atoms. The summed E-state index contributed by atoms with van der Waals surface area (Å²) in [7, 11) is 0. The Morgan fingerprint density at radius 2 is 1.36 bits per heavy atom. The Balaban J connectivity index is 2.66. The monoisotopic (exact) mass is 307 g/mol. The first-order chi connectivity index (χ1) is 10.3. The van der Waals surface area contributed by atoms with Gasteiger partial charge in [0.2, 0.25) is 0 Å². The molecule has 1 rings (SSSR count). The third kappa shape index (κ3) is 7.28. The van der Waals surface area contributed by atoms with Crippen molar-refractivity contribution in [3.63, 3.8) is 0 Å². The van der Waals surface area contributed by atoms with Crippen LogP contribution in [0.3, 0.4) is 0 Å². The number of hydrogen-bond acceptors (Lipinski definition) is 3. The standard InChI is InChI=1S/C19H33NO2/c1-14(2)11-20(12-15(3)4)13-19(21)17-7-9-18(10-8-17)22-16(5)6/h7-10,14-16,19,21H,11-13H2,1-6H3. The summed E-state index contributed by atoms with van der Waals surface area (Å²) in [4.78, 5) is 2.36. The molecule has 0 spiro atoms. The van der Waals surface area contributed by atoms with Crippen LogP contribution in [-0.4, -0.2) is 35.7 Å². The summed E-state index contributed by atoms with van der Waals surface area (Å²) in [6.07, 6.45) is -0.283. The maximum atomic E-state index is 10.5. The smallest absolute Gasteiger partial charge is 0.119 e. The van der Waals surface area contributed by atoms with E-state index in [0.29, 0.717) is 18.4 Å². The predicted molar refractivity (Wildman–Crippen MR) is 93.3 cm³/mol. The normalized spacial score (nSPS) is 13.4. The van der Waals surface area contributed by atoms with E-state index in [1.807, 2.05) is 38.1 Å². The molecule has 0 aliphatic rings. The molecular weight excluding hydrogens is 274 g/mol. The summed E-state index contributed by atoms with van der Waals surface area (Å²) in [6, 6.07) is 7.80. The Morgan fingerprint density at radius 1 is 0.864 bits per heavy atom. The van der Waals surface area contributed by atoms with Gasteiger partial charge >= 0.3 is 0 Å². The molecule has 0 saturated heterocycles. The molecule has 0 heterocycles. The van der Waals surface area contributed by atoms with Gasteiger partial charge in [-0.25, -0.2) is 0 Å². The Kier molecular flexibility index (Phi) is 7.91. The van der Waals surface area contributed by atoms with Gasteiger partial charge in [-0.2, -0.15) is 0 Å². The van der Waals surface area contributed by atoms with E-state index in [1.54, 1.807) is 0 Å². The van der Waals surface area contributed by atoms with Gasteiger partial charge in [0.05, 0.1) is 12.2 Å². The number of rotatable bonds is 9. The van der Waals surface area contributed by atoms with Crippen molar-refractivity contribution in [2.45, 2.75) is 53.8 Å². The topological polar surface area (TPSA) is 32.7 Å². The third-order valence-electron chi connectivity index (χ3n) is 3.31. The lowest BCUT2D eigenvalue weighted by atomic mass is 10.1. The van der Waals surface area contributed by atoms with Crippen molar-refractivity contribution >= 4 is 0 Å². The van der Waals surface area contributed by atoms with Crippen LogP contribution < -0.4 is 4.74 Å². The van der Waals surface area contributed by atoms with Gasteiger partial charge in [-0.05, 0) is 43.4 Å². The Labute approximate surface area is 136 Å². The van der Waals surface area contributed by atoms with E-state index < -0.39 is 6.10 Å². The fraction of sp³-hybridized carbons (Fsp3) is 0.684. The summed E-state index contributed by atoms with van der Waals surface area (Å²) in [5, 5.41) is 10.5. The van der Waals surface area contributed by atoms with E-state index in [2.05, 4.69) is 32.6 Å². The highest BCUT2D eigenvalue weighted by Gasteiger charge is 2.16. The molecule has 1 atom stereocenters. The Hall–Kier alpha value is -1.06. The zero-order valence-corrected chi connectivity index (χ0v) is 15.0. The van der Waals surface area contributed by atoms with E-state index in [1.165, 1.54) is 0 Å². The Bertz CT molecular complexity index is 402. The fourth-order valence-electron chi connectivity index (χ4n) is 2.65. The first-order valence-electron chi connectivity index (χ1n) is 8.45. The van der Waals surface area contributed by atoms with Crippen LogP contribution in [0.15, 0.2) is 24.3 Å². The van der Waals surface area contributed by atoms with E-state index in [4.69, 9.17) is 4.74 Å². The molecule has 0 radical (unpaired) electrons. The minimum atomic E-state index is -0.453. The maximum Gasteiger partial charge on any atom is 0.119 e. The van der Waals surface area contributed by atoms with Gasteiger partial charge in [0.15, 0.2) is 0 Å². The molecule has 1 aromatic rings. The number of aliphatic hydroxyl groups is 1.